The standard InChI is InChI=1S/C23H26ClN3O3/c24-20-6-8-21(9-7-20)25-23(29)27-10-2-5-19(16-27)17-3-1-4-18(15-17)22(28)26-11-13-30-14-12-26/h1,3-4,6-9,15,19H,2,5,10-14,16H2,(H,25,29). The van der Waals surface area contributed by atoms with Crippen LogP contribution >= 0.6 is 11.6 Å². The number of urea groups is 1. The minimum atomic E-state index is -0.109. The predicted octanol–water partition coefficient (Wildman–Crippen LogP) is 4.22. The molecule has 1 atom stereocenters. The van der Waals surface area contributed by atoms with Gasteiger partial charge >= 0.3 is 6.03 Å². The first-order valence-electron chi connectivity index (χ1n) is 10.4. The molecule has 1 unspecified atom stereocenters. The van der Waals surface area contributed by atoms with E-state index in [1.807, 2.05) is 28.0 Å². The Morgan fingerprint density at radius 2 is 1.77 bits per heavy atom. The number of anilines is 1. The van der Waals surface area contributed by atoms with Crippen molar-refractivity contribution >= 4 is 29.2 Å². The molecule has 0 radical (unpaired) electrons. The molecule has 2 heterocycles. The van der Waals surface area contributed by atoms with Crippen LogP contribution in [0.3, 0.4) is 0 Å². The van der Waals surface area contributed by atoms with Gasteiger partial charge in [-0.05, 0) is 54.8 Å². The van der Waals surface area contributed by atoms with Gasteiger partial charge in [-0.25, -0.2) is 4.79 Å². The summed E-state index contributed by atoms with van der Waals surface area (Å²) in [6.45, 7) is 3.80. The van der Waals surface area contributed by atoms with Crippen LogP contribution in [-0.2, 0) is 4.74 Å². The smallest absolute Gasteiger partial charge is 0.321 e. The monoisotopic (exact) mass is 427 g/mol. The van der Waals surface area contributed by atoms with Crippen LogP contribution in [0, 0.1) is 0 Å². The van der Waals surface area contributed by atoms with E-state index in [9.17, 15) is 9.59 Å². The van der Waals surface area contributed by atoms with Gasteiger partial charge in [0, 0.05) is 48.4 Å². The molecule has 0 aromatic heterocycles. The van der Waals surface area contributed by atoms with Crippen LogP contribution in [0.5, 0.6) is 0 Å². The summed E-state index contributed by atoms with van der Waals surface area (Å²) in [4.78, 5) is 29.2. The Balaban J connectivity index is 1.42. The number of morpholine rings is 1. The molecule has 30 heavy (non-hydrogen) atoms. The van der Waals surface area contributed by atoms with E-state index in [2.05, 4.69) is 11.4 Å². The summed E-state index contributed by atoms with van der Waals surface area (Å²) in [5.74, 6) is 0.264. The summed E-state index contributed by atoms with van der Waals surface area (Å²) in [6, 6.07) is 14.8. The van der Waals surface area contributed by atoms with E-state index in [1.54, 1.807) is 24.3 Å². The molecule has 0 saturated carbocycles. The van der Waals surface area contributed by atoms with Crippen LogP contribution in [-0.4, -0.2) is 61.1 Å². The number of hydrogen-bond acceptors (Lipinski definition) is 3. The molecule has 2 aromatic carbocycles. The maximum absolute atomic E-state index is 12.8. The Hall–Kier alpha value is -2.57. The fourth-order valence-electron chi connectivity index (χ4n) is 4.04. The number of hydrogen-bond donors (Lipinski definition) is 1. The van der Waals surface area contributed by atoms with E-state index in [-0.39, 0.29) is 17.9 Å². The Kier molecular flexibility index (Phi) is 6.55. The number of ether oxygens (including phenoxy) is 1. The summed E-state index contributed by atoms with van der Waals surface area (Å²) in [5, 5.41) is 3.58. The van der Waals surface area contributed by atoms with Crippen LogP contribution < -0.4 is 5.32 Å². The molecular formula is C23H26ClN3O3. The lowest BCUT2D eigenvalue weighted by atomic mass is 9.89. The minimum absolute atomic E-state index is 0.0493. The molecule has 0 bridgehead atoms. The van der Waals surface area contributed by atoms with Gasteiger partial charge in [-0.15, -0.1) is 0 Å². The summed E-state index contributed by atoms with van der Waals surface area (Å²) in [5.41, 5.74) is 2.54. The molecule has 0 aliphatic carbocycles. The van der Waals surface area contributed by atoms with Crippen molar-refractivity contribution in [3.8, 4) is 0 Å². The minimum Gasteiger partial charge on any atom is -0.378 e. The van der Waals surface area contributed by atoms with Gasteiger partial charge in [-0.2, -0.15) is 0 Å². The lowest BCUT2D eigenvalue weighted by Crippen LogP contribution is -2.42. The van der Waals surface area contributed by atoms with Crippen molar-refractivity contribution in [2.24, 2.45) is 0 Å². The molecule has 158 valence electrons. The molecule has 6 nitrogen and oxygen atoms in total. The third-order valence-corrected chi connectivity index (χ3v) is 5.96. The van der Waals surface area contributed by atoms with Crippen molar-refractivity contribution < 1.29 is 14.3 Å². The first-order valence-corrected chi connectivity index (χ1v) is 10.8. The third-order valence-electron chi connectivity index (χ3n) is 5.71. The molecule has 2 fully saturated rings. The summed E-state index contributed by atoms with van der Waals surface area (Å²) >= 11 is 5.91. The summed E-state index contributed by atoms with van der Waals surface area (Å²) in [6.07, 6.45) is 1.93. The highest BCUT2D eigenvalue weighted by atomic mass is 35.5. The van der Waals surface area contributed by atoms with Gasteiger partial charge in [0.15, 0.2) is 0 Å². The van der Waals surface area contributed by atoms with Gasteiger partial charge in [0.2, 0.25) is 0 Å². The number of benzene rings is 2. The van der Waals surface area contributed by atoms with Crippen molar-refractivity contribution in [2.45, 2.75) is 18.8 Å². The Bertz CT molecular complexity index is 897. The lowest BCUT2D eigenvalue weighted by Gasteiger charge is -2.33. The number of carbonyl (C=O) groups is 2. The highest BCUT2D eigenvalue weighted by molar-refractivity contribution is 6.30. The quantitative estimate of drug-likeness (QED) is 0.797. The second-order valence-corrected chi connectivity index (χ2v) is 8.19. The van der Waals surface area contributed by atoms with Gasteiger partial charge < -0.3 is 19.9 Å². The molecule has 2 aliphatic heterocycles. The van der Waals surface area contributed by atoms with Crippen molar-refractivity contribution in [3.63, 3.8) is 0 Å². The number of carbonyl (C=O) groups excluding carboxylic acids is 2. The number of nitrogens with one attached hydrogen (secondary N) is 1. The van der Waals surface area contributed by atoms with Crippen molar-refractivity contribution in [1.82, 2.24) is 9.80 Å². The predicted molar refractivity (Wildman–Crippen MR) is 117 cm³/mol. The number of piperidine rings is 1. The number of likely N-dealkylation sites (tertiary alicyclic amines) is 1. The molecule has 4 rings (SSSR count). The second kappa shape index (κ2) is 9.49. The van der Waals surface area contributed by atoms with Gasteiger partial charge in [-0.3, -0.25) is 4.79 Å². The molecule has 3 amide bonds. The van der Waals surface area contributed by atoms with Crippen LogP contribution in [0.4, 0.5) is 10.5 Å². The van der Waals surface area contributed by atoms with E-state index in [1.165, 1.54) is 0 Å². The highest BCUT2D eigenvalue weighted by Gasteiger charge is 2.26. The molecule has 0 spiro atoms. The van der Waals surface area contributed by atoms with E-state index < -0.39 is 0 Å². The van der Waals surface area contributed by atoms with Crippen LogP contribution in [0.25, 0.3) is 0 Å². The maximum atomic E-state index is 12.8. The van der Waals surface area contributed by atoms with E-state index >= 15 is 0 Å². The number of nitrogens with zero attached hydrogens (tertiary/aromatic N) is 2. The molecule has 2 saturated heterocycles. The van der Waals surface area contributed by atoms with E-state index in [0.717, 1.165) is 30.6 Å². The fraction of sp³-hybridized carbons (Fsp3) is 0.391. The Morgan fingerprint density at radius 1 is 1.00 bits per heavy atom. The molecule has 7 heteroatoms. The summed E-state index contributed by atoms with van der Waals surface area (Å²) < 4.78 is 5.34. The zero-order valence-electron chi connectivity index (χ0n) is 16.9. The zero-order chi connectivity index (χ0) is 20.9. The largest absolute Gasteiger partial charge is 0.378 e. The molecule has 1 N–H and O–H groups in total. The first kappa shape index (κ1) is 20.7. The van der Waals surface area contributed by atoms with Gasteiger partial charge in [0.05, 0.1) is 13.2 Å². The van der Waals surface area contributed by atoms with Crippen LogP contribution in [0.15, 0.2) is 48.5 Å². The molecule has 2 aromatic rings. The second-order valence-electron chi connectivity index (χ2n) is 7.75. The van der Waals surface area contributed by atoms with E-state index in [0.29, 0.717) is 43.4 Å². The van der Waals surface area contributed by atoms with Crippen molar-refractivity contribution in [2.75, 3.05) is 44.7 Å². The van der Waals surface area contributed by atoms with E-state index in [4.69, 9.17) is 16.3 Å². The average molecular weight is 428 g/mol. The lowest BCUT2D eigenvalue weighted by molar-refractivity contribution is 0.0303. The van der Waals surface area contributed by atoms with Gasteiger partial charge in [0.1, 0.15) is 0 Å². The zero-order valence-corrected chi connectivity index (χ0v) is 17.6. The van der Waals surface area contributed by atoms with Crippen LogP contribution in [0.1, 0.15) is 34.7 Å². The topological polar surface area (TPSA) is 61.9 Å². The third kappa shape index (κ3) is 4.94. The van der Waals surface area contributed by atoms with Gasteiger partial charge in [0.25, 0.3) is 5.91 Å². The van der Waals surface area contributed by atoms with Crippen LogP contribution in [0.2, 0.25) is 5.02 Å². The number of halogens is 1. The average Bonchev–Trinajstić information content (AvgIpc) is 2.81. The first-order chi connectivity index (χ1) is 14.6. The number of amides is 3. The molecule has 2 aliphatic rings. The Morgan fingerprint density at radius 3 is 2.53 bits per heavy atom. The maximum Gasteiger partial charge on any atom is 0.321 e. The number of rotatable bonds is 3. The van der Waals surface area contributed by atoms with Gasteiger partial charge in [-0.1, -0.05) is 23.7 Å². The normalized spacial score (nSPS) is 19.4. The SMILES string of the molecule is O=C(Nc1ccc(Cl)cc1)N1CCCC(c2cccc(C(=O)N3CCOCC3)c2)C1. The highest BCUT2D eigenvalue weighted by Crippen LogP contribution is 2.28. The van der Waals surface area contributed by atoms with Crippen molar-refractivity contribution in [3.05, 3.63) is 64.7 Å². The molecular weight excluding hydrogens is 402 g/mol. The Labute approximate surface area is 181 Å². The summed E-state index contributed by atoms with van der Waals surface area (Å²) in [7, 11) is 0. The van der Waals surface area contributed by atoms with Crippen molar-refractivity contribution in [1.29, 1.82) is 0 Å². The fourth-order valence-corrected chi connectivity index (χ4v) is 4.17.